The summed E-state index contributed by atoms with van der Waals surface area (Å²) in [6, 6.07) is 9.17. The quantitative estimate of drug-likeness (QED) is 0.254. The Morgan fingerprint density at radius 2 is 1.77 bits per heavy atom. The van der Waals surface area contributed by atoms with E-state index < -0.39 is 28.3 Å². The Hall–Kier alpha value is -2.95. The first kappa shape index (κ1) is 23.3. The van der Waals surface area contributed by atoms with Crippen molar-refractivity contribution >= 4 is 23.4 Å². The number of nitro groups is 1. The molecule has 0 atom stereocenters. The minimum Gasteiger partial charge on any atom is -0.494 e. The van der Waals surface area contributed by atoms with Crippen LogP contribution in [0.2, 0.25) is 0 Å². The number of nitro benzene ring substituents is 1. The minimum atomic E-state index is -4.69. The van der Waals surface area contributed by atoms with Crippen molar-refractivity contribution in [1.29, 1.82) is 0 Å². The molecule has 0 spiro atoms. The molecule has 7 nitrogen and oxygen atoms in total. The number of thioether (sulfide) groups is 1. The van der Waals surface area contributed by atoms with Crippen LogP contribution in [0.15, 0.2) is 47.4 Å². The van der Waals surface area contributed by atoms with E-state index in [1.165, 1.54) is 0 Å². The number of carbonyl (C=O) groups is 1. The number of nitrogens with zero attached hydrogens (tertiary/aromatic N) is 1. The molecule has 2 aromatic carbocycles. The minimum absolute atomic E-state index is 0.0196. The van der Waals surface area contributed by atoms with Crippen molar-refractivity contribution in [2.24, 2.45) is 0 Å². The summed E-state index contributed by atoms with van der Waals surface area (Å²) in [6.07, 6.45) is -4.69. The second kappa shape index (κ2) is 10.7. The highest BCUT2D eigenvalue weighted by molar-refractivity contribution is 8.00. The van der Waals surface area contributed by atoms with Gasteiger partial charge in [0.1, 0.15) is 18.1 Å². The molecule has 1 amide bonds. The molecule has 11 heteroatoms. The molecule has 0 aliphatic rings. The number of benzene rings is 2. The third kappa shape index (κ3) is 7.14. The molecule has 0 fully saturated rings. The Morgan fingerprint density at radius 1 is 1.13 bits per heavy atom. The van der Waals surface area contributed by atoms with E-state index in [-0.39, 0.29) is 23.8 Å². The normalized spacial score (nSPS) is 11.1. The fourth-order valence-corrected chi connectivity index (χ4v) is 3.15. The van der Waals surface area contributed by atoms with Gasteiger partial charge in [-0.2, -0.15) is 13.2 Å². The first-order valence-electron chi connectivity index (χ1n) is 8.81. The first-order chi connectivity index (χ1) is 14.2. The molecular weight excluding hydrogens is 425 g/mol. The van der Waals surface area contributed by atoms with Crippen LogP contribution in [0, 0.1) is 10.1 Å². The average Bonchev–Trinajstić information content (AvgIpc) is 2.70. The number of ether oxygens (including phenoxy) is 2. The van der Waals surface area contributed by atoms with Crippen molar-refractivity contribution in [2.75, 3.05) is 25.5 Å². The molecule has 0 radical (unpaired) electrons. The summed E-state index contributed by atoms with van der Waals surface area (Å²) in [5.74, 6) is 0.703. The number of halogens is 3. The summed E-state index contributed by atoms with van der Waals surface area (Å²) in [6.45, 7) is 2.83. The number of hydrogen-bond acceptors (Lipinski definition) is 6. The van der Waals surface area contributed by atoms with E-state index in [0.29, 0.717) is 24.2 Å². The van der Waals surface area contributed by atoms with Gasteiger partial charge in [0.25, 0.3) is 5.69 Å². The highest BCUT2D eigenvalue weighted by atomic mass is 32.2. The lowest BCUT2D eigenvalue weighted by atomic mass is 10.2. The van der Waals surface area contributed by atoms with Crippen LogP contribution in [0.4, 0.5) is 18.9 Å². The molecule has 30 heavy (non-hydrogen) atoms. The van der Waals surface area contributed by atoms with Crippen LogP contribution < -0.4 is 14.8 Å². The number of hydrogen-bond donors (Lipinski definition) is 1. The Kier molecular flexibility index (Phi) is 8.34. The van der Waals surface area contributed by atoms with Crippen molar-refractivity contribution in [3.8, 4) is 11.5 Å². The fourth-order valence-electron chi connectivity index (χ4n) is 2.31. The standard InChI is InChI=1S/C19H19F3N2O5S/c1-2-28-14-4-6-15(7-5-14)29-10-9-23-18(25)12-30-17-8-3-13(19(20,21)22)11-16(17)24(26)27/h3-8,11H,2,9-10,12H2,1H3,(H,23,25). The second-order valence-electron chi connectivity index (χ2n) is 5.83. The van der Waals surface area contributed by atoms with Gasteiger partial charge in [0.2, 0.25) is 5.91 Å². The predicted molar refractivity (Wildman–Crippen MR) is 105 cm³/mol. The van der Waals surface area contributed by atoms with Gasteiger partial charge >= 0.3 is 6.18 Å². The summed E-state index contributed by atoms with van der Waals surface area (Å²) in [5, 5.41) is 13.6. The average molecular weight is 444 g/mol. The molecule has 0 saturated heterocycles. The van der Waals surface area contributed by atoms with Gasteiger partial charge in [0.15, 0.2) is 0 Å². The zero-order chi connectivity index (χ0) is 22.1. The summed E-state index contributed by atoms with van der Waals surface area (Å²) in [7, 11) is 0. The van der Waals surface area contributed by atoms with E-state index in [0.717, 1.165) is 23.9 Å². The molecular formula is C19H19F3N2O5S. The van der Waals surface area contributed by atoms with E-state index in [4.69, 9.17) is 9.47 Å². The Labute approximate surface area is 174 Å². The molecule has 1 N–H and O–H groups in total. The molecule has 2 rings (SSSR count). The van der Waals surface area contributed by atoms with E-state index in [1.807, 2.05) is 6.92 Å². The maximum Gasteiger partial charge on any atom is 0.416 e. The van der Waals surface area contributed by atoms with Gasteiger partial charge in [-0.15, -0.1) is 11.8 Å². The lowest BCUT2D eigenvalue weighted by Gasteiger charge is -2.10. The molecule has 0 aliphatic heterocycles. The number of nitrogens with one attached hydrogen (secondary N) is 1. The van der Waals surface area contributed by atoms with Gasteiger partial charge in [-0.3, -0.25) is 14.9 Å². The van der Waals surface area contributed by atoms with Crippen LogP contribution in [0.3, 0.4) is 0 Å². The maximum absolute atomic E-state index is 12.7. The first-order valence-corrected chi connectivity index (χ1v) is 9.80. The summed E-state index contributed by atoms with van der Waals surface area (Å²) in [5.41, 5.74) is -1.81. The molecule has 0 unspecified atom stereocenters. The van der Waals surface area contributed by atoms with Crippen LogP contribution in [0.5, 0.6) is 11.5 Å². The molecule has 0 heterocycles. The maximum atomic E-state index is 12.7. The summed E-state index contributed by atoms with van der Waals surface area (Å²) >= 11 is 0.788. The van der Waals surface area contributed by atoms with Crippen LogP contribution in [0.25, 0.3) is 0 Å². The number of carbonyl (C=O) groups excluding carboxylic acids is 1. The monoisotopic (exact) mass is 444 g/mol. The van der Waals surface area contributed by atoms with Gasteiger partial charge in [0.05, 0.1) is 34.3 Å². The largest absolute Gasteiger partial charge is 0.494 e. The molecule has 2 aromatic rings. The van der Waals surface area contributed by atoms with Crippen molar-refractivity contribution in [3.05, 3.63) is 58.1 Å². The van der Waals surface area contributed by atoms with Crippen molar-refractivity contribution in [1.82, 2.24) is 5.32 Å². The highest BCUT2D eigenvalue weighted by Crippen LogP contribution is 2.36. The molecule has 0 saturated carbocycles. The van der Waals surface area contributed by atoms with Gasteiger partial charge in [-0.25, -0.2) is 0 Å². The molecule has 0 aromatic heterocycles. The number of amides is 1. The van der Waals surface area contributed by atoms with Crippen molar-refractivity contribution in [2.45, 2.75) is 18.0 Å². The van der Waals surface area contributed by atoms with Crippen LogP contribution in [0.1, 0.15) is 12.5 Å². The number of rotatable bonds is 10. The van der Waals surface area contributed by atoms with E-state index in [9.17, 15) is 28.1 Å². The molecule has 0 aliphatic carbocycles. The second-order valence-corrected chi connectivity index (χ2v) is 6.85. The van der Waals surface area contributed by atoms with E-state index in [2.05, 4.69) is 5.32 Å². The van der Waals surface area contributed by atoms with Crippen LogP contribution >= 0.6 is 11.8 Å². The van der Waals surface area contributed by atoms with Gasteiger partial charge in [-0.05, 0) is 43.3 Å². The van der Waals surface area contributed by atoms with Crippen molar-refractivity contribution in [3.63, 3.8) is 0 Å². The van der Waals surface area contributed by atoms with Crippen molar-refractivity contribution < 1.29 is 32.4 Å². The van der Waals surface area contributed by atoms with Crippen LogP contribution in [-0.4, -0.2) is 36.3 Å². The summed E-state index contributed by atoms with van der Waals surface area (Å²) in [4.78, 5) is 22.0. The van der Waals surface area contributed by atoms with Gasteiger partial charge < -0.3 is 14.8 Å². The molecule has 0 bridgehead atoms. The predicted octanol–water partition coefficient (Wildman–Crippen LogP) is 4.30. The zero-order valence-corrected chi connectivity index (χ0v) is 16.7. The number of alkyl halides is 3. The van der Waals surface area contributed by atoms with Gasteiger partial charge in [-0.1, -0.05) is 0 Å². The Balaban J connectivity index is 1.79. The zero-order valence-electron chi connectivity index (χ0n) is 15.9. The van der Waals surface area contributed by atoms with E-state index >= 15 is 0 Å². The molecule has 162 valence electrons. The third-order valence-corrected chi connectivity index (χ3v) is 4.73. The smallest absolute Gasteiger partial charge is 0.416 e. The SMILES string of the molecule is CCOc1ccc(OCCNC(=O)CSc2ccc(C(F)(F)F)cc2[N+](=O)[O-])cc1. The highest BCUT2D eigenvalue weighted by Gasteiger charge is 2.33. The Morgan fingerprint density at radius 3 is 2.33 bits per heavy atom. The van der Waals surface area contributed by atoms with Gasteiger partial charge in [0, 0.05) is 6.07 Å². The Bertz CT molecular complexity index is 875. The lowest BCUT2D eigenvalue weighted by Crippen LogP contribution is -2.29. The fraction of sp³-hybridized carbons (Fsp3) is 0.316. The summed E-state index contributed by atoms with van der Waals surface area (Å²) < 4.78 is 48.9. The van der Waals surface area contributed by atoms with Crippen LogP contribution in [-0.2, 0) is 11.0 Å². The lowest BCUT2D eigenvalue weighted by molar-refractivity contribution is -0.388. The third-order valence-electron chi connectivity index (χ3n) is 3.67. The van der Waals surface area contributed by atoms with E-state index in [1.54, 1.807) is 24.3 Å². The topological polar surface area (TPSA) is 90.7 Å².